The lowest BCUT2D eigenvalue weighted by Crippen LogP contribution is -2.59. The molecule has 0 unspecified atom stereocenters. The molecule has 1 aliphatic rings. The second-order valence-electron chi connectivity index (χ2n) is 12.3. The zero-order valence-corrected chi connectivity index (χ0v) is 26.3. The van der Waals surface area contributed by atoms with Gasteiger partial charge in [-0.3, -0.25) is 24.0 Å². The van der Waals surface area contributed by atoms with E-state index in [1.54, 1.807) is 52.9 Å². The smallest absolute Gasteiger partial charge is 0.289 e. The lowest BCUT2D eigenvalue weighted by Gasteiger charge is -2.32. The molecule has 12 nitrogen and oxygen atoms in total. The number of hydrogen-bond acceptors (Lipinski definition) is 8. The van der Waals surface area contributed by atoms with Crippen LogP contribution < -0.4 is 26.2 Å². The number of aromatic nitrogens is 1. The first-order chi connectivity index (χ1) is 20.8. The van der Waals surface area contributed by atoms with Gasteiger partial charge in [0, 0.05) is 31.4 Å². The first-order valence-electron chi connectivity index (χ1n) is 14.8. The van der Waals surface area contributed by atoms with Gasteiger partial charge in [0.15, 0.2) is 0 Å². The van der Waals surface area contributed by atoms with Crippen molar-refractivity contribution in [1.82, 2.24) is 26.3 Å². The Hall–Kier alpha value is -4.32. The van der Waals surface area contributed by atoms with Crippen molar-refractivity contribution in [2.75, 3.05) is 31.2 Å². The van der Waals surface area contributed by atoms with Gasteiger partial charge in [0.2, 0.25) is 17.6 Å². The van der Waals surface area contributed by atoms with E-state index in [-0.39, 0.29) is 12.5 Å². The third-order valence-corrected chi connectivity index (χ3v) is 7.27. The van der Waals surface area contributed by atoms with E-state index in [1.807, 2.05) is 35.2 Å². The number of carbonyl (C=O) groups is 5. The molecule has 2 heterocycles. The average Bonchev–Trinajstić information content (AvgIpc) is 3.00. The minimum absolute atomic E-state index is 0.171. The molecule has 238 valence electrons. The number of nitrogens with one attached hydrogen (secondary N) is 4. The Bertz CT molecular complexity index is 1320. The van der Waals surface area contributed by atoms with Crippen molar-refractivity contribution < 1.29 is 28.7 Å². The summed E-state index contributed by atoms with van der Waals surface area (Å²) in [7, 11) is 0. The van der Waals surface area contributed by atoms with Crippen molar-refractivity contribution in [3.8, 4) is 0 Å². The van der Waals surface area contributed by atoms with Crippen molar-refractivity contribution in [2.45, 2.75) is 66.2 Å². The number of anilines is 1. The summed E-state index contributed by atoms with van der Waals surface area (Å²) in [6.07, 6.45) is 1.55. The molecule has 2 aromatic rings. The van der Waals surface area contributed by atoms with E-state index in [1.165, 1.54) is 6.92 Å². The van der Waals surface area contributed by atoms with Crippen molar-refractivity contribution in [3.63, 3.8) is 0 Å². The second-order valence-corrected chi connectivity index (χ2v) is 12.3. The molecule has 1 fully saturated rings. The van der Waals surface area contributed by atoms with Crippen LogP contribution in [0.3, 0.4) is 0 Å². The number of rotatable bonds is 12. The Morgan fingerprint density at radius 1 is 0.909 bits per heavy atom. The minimum atomic E-state index is -1.09. The van der Waals surface area contributed by atoms with Crippen LogP contribution in [0.1, 0.15) is 57.5 Å². The summed E-state index contributed by atoms with van der Waals surface area (Å²) in [5.41, 5.74) is 0.471. The van der Waals surface area contributed by atoms with Gasteiger partial charge in [-0.1, -0.05) is 65.0 Å². The summed E-state index contributed by atoms with van der Waals surface area (Å²) in [4.78, 5) is 71.6. The maximum absolute atomic E-state index is 13.4. The summed E-state index contributed by atoms with van der Waals surface area (Å²) in [6.45, 7) is 12.9. The monoisotopic (exact) mass is 608 g/mol. The third-order valence-electron chi connectivity index (χ3n) is 7.27. The molecular formula is C32H44N6O6. The SMILES string of the molecule is CC(C)[C@H](NC(=O)[C@H](C)NC(=O)[C@@H](NC(=O)c1ccnc(N2CCOCC2)c1)C(C)(C)C)C(=O)C(=O)NCc1ccccc1. The minimum Gasteiger partial charge on any atom is -0.378 e. The van der Waals surface area contributed by atoms with Gasteiger partial charge >= 0.3 is 0 Å². The van der Waals surface area contributed by atoms with Gasteiger partial charge < -0.3 is 30.9 Å². The van der Waals surface area contributed by atoms with Gasteiger partial charge in [-0.15, -0.1) is 0 Å². The van der Waals surface area contributed by atoms with E-state index in [0.717, 1.165) is 5.56 Å². The molecule has 0 radical (unpaired) electrons. The standard InChI is InChI=1S/C32H44N6O6/c1-20(2)25(26(39)30(42)34-19-22-10-8-7-9-11-22)36-28(40)21(3)35-31(43)27(32(4,5)6)37-29(41)23-12-13-33-24(18-23)38-14-16-44-17-15-38/h7-13,18,20-21,25,27H,14-17,19H2,1-6H3,(H,34,42)(H,35,43)(H,36,40)(H,37,41)/t21-,25-,27+/m0/s1. The molecule has 3 rings (SSSR count). The van der Waals surface area contributed by atoms with Gasteiger partial charge in [-0.2, -0.15) is 0 Å². The van der Waals surface area contributed by atoms with Gasteiger partial charge in [-0.25, -0.2) is 4.98 Å². The first-order valence-corrected chi connectivity index (χ1v) is 14.8. The Balaban J connectivity index is 1.62. The topological polar surface area (TPSA) is 159 Å². The van der Waals surface area contributed by atoms with E-state index in [0.29, 0.717) is 37.7 Å². The molecule has 1 aromatic heterocycles. The molecule has 1 saturated heterocycles. The normalized spacial score (nSPS) is 15.5. The highest BCUT2D eigenvalue weighted by molar-refractivity contribution is 6.38. The number of nitrogens with zero attached hydrogens (tertiary/aromatic N) is 2. The van der Waals surface area contributed by atoms with E-state index < -0.39 is 53.0 Å². The largest absolute Gasteiger partial charge is 0.378 e. The number of carbonyl (C=O) groups excluding carboxylic acids is 5. The molecular weight excluding hydrogens is 564 g/mol. The summed E-state index contributed by atoms with van der Waals surface area (Å²) >= 11 is 0. The highest BCUT2D eigenvalue weighted by atomic mass is 16.5. The molecule has 0 spiro atoms. The summed E-state index contributed by atoms with van der Waals surface area (Å²) < 4.78 is 5.39. The number of ether oxygens (including phenoxy) is 1. The average molecular weight is 609 g/mol. The number of pyridine rings is 1. The van der Waals surface area contributed by atoms with Gasteiger partial charge in [-0.05, 0) is 36.0 Å². The highest BCUT2D eigenvalue weighted by Crippen LogP contribution is 2.21. The predicted octanol–water partition coefficient (Wildman–Crippen LogP) is 1.59. The van der Waals surface area contributed by atoms with Crippen molar-refractivity contribution in [1.29, 1.82) is 0 Å². The second kappa shape index (κ2) is 15.4. The molecule has 0 saturated carbocycles. The van der Waals surface area contributed by atoms with Crippen LogP contribution in [0.5, 0.6) is 0 Å². The van der Waals surface area contributed by atoms with Crippen molar-refractivity contribution in [3.05, 3.63) is 59.8 Å². The van der Waals surface area contributed by atoms with Crippen LogP contribution in [0.2, 0.25) is 0 Å². The van der Waals surface area contributed by atoms with Crippen LogP contribution >= 0.6 is 0 Å². The van der Waals surface area contributed by atoms with E-state index in [9.17, 15) is 24.0 Å². The van der Waals surface area contributed by atoms with Gasteiger partial charge in [0.1, 0.15) is 17.9 Å². The zero-order chi connectivity index (χ0) is 32.4. The van der Waals surface area contributed by atoms with Crippen LogP contribution in [0.15, 0.2) is 48.7 Å². The fourth-order valence-corrected chi connectivity index (χ4v) is 4.60. The number of ketones is 1. The quantitative estimate of drug-likeness (QED) is 0.265. The highest BCUT2D eigenvalue weighted by Gasteiger charge is 2.36. The van der Waals surface area contributed by atoms with E-state index in [2.05, 4.69) is 26.3 Å². The fraction of sp³-hybridized carbons (Fsp3) is 0.500. The third kappa shape index (κ3) is 9.60. The fourth-order valence-electron chi connectivity index (χ4n) is 4.60. The van der Waals surface area contributed by atoms with Crippen LogP contribution in [0.25, 0.3) is 0 Å². The molecule has 3 atom stereocenters. The van der Waals surface area contributed by atoms with Crippen molar-refractivity contribution in [2.24, 2.45) is 11.3 Å². The van der Waals surface area contributed by atoms with E-state index in [4.69, 9.17) is 4.74 Å². The van der Waals surface area contributed by atoms with Crippen molar-refractivity contribution >= 4 is 35.2 Å². The molecule has 4 N–H and O–H groups in total. The van der Waals surface area contributed by atoms with Crippen LogP contribution in [-0.2, 0) is 30.5 Å². The van der Waals surface area contributed by atoms with Crippen LogP contribution in [0.4, 0.5) is 5.82 Å². The maximum atomic E-state index is 13.4. The Labute approximate surface area is 258 Å². The molecule has 12 heteroatoms. The molecule has 1 aromatic carbocycles. The number of hydrogen-bond donors (Lipinski definition) is 4. The Morgan fingerprint density at radius 2 is 1.57 bits per heavy atom. The Kier molecular flexibility index (Phi) is 12.0. The summed E-state index contributed by atoms with van der Waals surface area (Å²) in [5.74, 6) is -2.99. The number of amides is 4. The number of benzene rings is 1. The lowest BCUT2D eigenvalue weighted by molar-refractivity contribution is -0.141. The number of morpholine rings is 1. The molecule has 4 amide bonds. The predicted molar refractivity (Wildman–Crippen MR) is 166 cm³/mol. The molecule has 44 heavy (non-hydrogen) atoms. The lowest BCUT2D eigenvalue weighted by atomic mass is 9.85. The summed E-state index contributed by atoms with van der Waals surface area (Å²) in [6, 6.07) is 9.26. The Morgan fingerprint density at radius 3 is 2.18 bits per heavy atom. The first kappa shape index (κ1) is 34.2. The van der Waals surface area contributed by atoms with Gasteiger partial charge in [0.05, 0.1) is 19.3 Å². The van der Waals surface area contributed by atoms with E-state index >= 15 is 0 Å². The summed E-state index contributed by atoms with van der Waals surface area (Å²) in [5, 5.41) is 10.7. The van der Waals surface area contributed by atoms with Crippen LogP contribution in [-0.4, -0.2) is 78.8 Å². The maximum Gasteiger partial charge on any atom is 0.289 e. The molecule has 0 aliphatic carbocycles. The number of Topliss-reactive ketones (excluding diaryl/α,β-unsaturated/α-hetero) is 1. The van der Waals surface area contributed by atoms with Gasteiger partial charge in [0.25, 0.3) is 11.8 Å². The molecule has 1 aliphatic heterocycles. The zero-order valence-electron chi connectivity index (χ0n) is 26.3. The molecule has 0 bridgehead atoms. The van der Waals surface area contributed by atoms with Crippen LogP contribution in [0, 0.1) is 11.3 Å².